The van der Waals surface area contributed by atoms with Gasteiger partial charge in [0.1, 0.15) is 6.54 Å². The van der Waals surface area contributed by atoms with Crippen LogP contribution in [-0.4, -0.2) is 47.6 Å². The summed E-state index contributed by atoms with van der Waals surface area (Å²) in [4.78, 5) is 28.2. The van der Waals surface area contributed by atoms with Crippen LogP contribution in [0.1, 0.15) is 12.5 Å². The molecular formula is C20H22N2O4. The summed E-state index contributed by atoms with van der Waals surface area (Å²) in [7, 11) is 0. The molecule has 1 saturated heterocycles. The lowest BCUT2D eigenvalue weighted by Crippen LogP contribution is -2.58. The number of piperazine rings is 1. The molecule has 6 nitrogen and oxygen atoms in total. The Kier molecular flexibility index (Phi) is 5.11. The van der Waals surface area contributed by atoms with Crippen LogP contribution in [0.2, 0.25) is 0 Å². The Hall–Kier alpha value is -3.02. The quantitative estimate of drug-likeness (QED) is 0.915. The van der Waals surface area contributed by atoms with Gasteiger partial charge < -0.3 is 19.6 Å². The van der Waals surface area contributed by atoms with E-state index in [0.29, 0.717) is 6.54 Å². The number of amides is 2. The number of phenols is 1. The Bertz CT molecular complexity index is 804. The maximum atomic E-state index is 12.5. The van der Waals surface area contributed by atoms with E-state index >= 15 is 0 Å². The Morgan fingerprint density at radius 2 is 1.88 bits per heavy atom. The number of para-hydroxylation sites is 2. The lowest BCUT2D eigenvalue weighted by atomic mass is 10.1. The minimum absolute atomic E-state index is 0.0119. The molecule has 26 heavy (non-hydrogen) atoms. The number of phenolic OH excluding ortho intramolecular Hbond substituents is 1. The Balaban J connectivity index is 1.63. The highest BCUT2D eigenvalue weighted by Gasteiger charge is 2.33. The molecule has 0 radical (unpaired) electrons. The summed E-state index contributed by atoms with van der Waals surface area (Å²) in [6.07, 6.45) is 0. The molecule has 0 aromatic heterocycles. The number of hydrogen-bond acceptors (Lipinski definition) is 4. The van der Waals surface area contributed by atoms with Gasteiger partial charge in [0.2, 0.25) is 5.91 Å². The van der Waals surface area contributed by atoms with Crippen LogP contribution in [0.3, 0.4) is 0 Å². The van der Waals surface area contributed by atoms with Crippen LogP contribution in [-0.2, 0) is 9.59 Å². The maximum absolute atomic E-state index is 12.5. The number of rotatable bonds is 4. The molecule has 6 heteroatoms. The predicted molar refractivity (Wildman–Crippen MR) is 98.3 cm³/mol. The molecule has 0 saturated carbocycles. The average molecular weight is 354 g/mol. The van der Waals surface area contributed by atoms with E-state index in [1.54, 1.807) is 23.1 Å². The Morgan fingerprint density at radius 3 is 2.58 bits per heavy atom. The molecule has 1 aliphatic rings. The third kappa shape index (κ3) is 3.79. The first kappa shape index (κ1) is 17.8. The van der Waals surface area contributed by atoms with Crippen molar-refractivity contribution in [1.29, 1.82) is 0 Å². The van der Waals surface area contributed by atoms with Gasteiger partial charge in [0, 0.05) is 18.3 Å². The highest BCUT2D eigenvalue weighted by atomic mass is 16.5. The third-order valence-electron chi connectivity index (χ3n) is 4.47. The molecule has 1 atom stereocenters. The molecule has 0 aliphatic carbocycles. The Morgan fingerprint density at radius 1 is 1.19 bits per heavy atom. The second-order valence-corrected chi connectivity index (χ2v) is 6.47. The van der Waals surface area contributed by atoms with Crippen LogP contribution in [0, 0.1) is 6.92 Å². The molecule has 1 fully saturated rings. The SMILES string of the molecule is Cc1ccc(N2CC(C)N(C(=O)COc3ccccc3O)CC2=O)cc1. The fraction of sp³-hybridized carbons (Fsp3) is 0.300. The number of ether oxygens (including phenoxy) is 1. The zero-order valence-electron chi connectivity index (χ0n) is 14.9. The molecule has 1 N–H and O–H groups in total. The topological polar surface area (TPSA) is 70.1 Å². The number of carbonyl (C=O) groups is 2. The van der Waals surface area contributed by atoms with E-state index in [2.05, 4.69) is 0 Å². The minimum atomic E-state index is -0.280. The van der Waals surface area contributed by atoms with Gasteiger partial charge in [-0.2, -0.15) is 0 Å². The normalized spacial score (nSPS) is 17.3. The summed E-state index contributed by atoms with van der Waals surface area (Å²) in [5.41, 5.74) is 1.97. The van der Waals surface area contributed by atoms with Crippen molar-refractivity contribution < 1.29 is 19.4 Å². The molecular weight excluding hydrogens is 332 g/mol. The van der Waals surface area contributed by atoms with Gasteiger partial charge in [0.05, 0.1) is 0 Å². The standard InChI is InChI=1S/C20H22N2O4/c1-14-7-9-16(10-8-14)22-11-15(2)21(12-19(22)24)20(25)13-26-18-6-4-3-5-17(18)23/h3-10,15,23H,11-13H2,1-2H3. The first-order valence-electron chi connectivity index (χ1n) is 8.53. The van der Waals surface area contributed by atoms with Gasteiger partial charge in [-0.1, -0.05) is 29.8 Å². The van der Waals surface area contributed by atoms with Crippen molar-refractivity contribution in [2.75, 3.05) is 24.6 Å². The molecule has 0 bridgehead atoms. The molecule has 1 heterocycles. The second-order valence-electron chi connectivity index (χ2n) is 6.47. The number of aromatic hydroxyl groups is 1. The van der Waals surface area contributed by atoms with Gasteiger partial charge in [0.15, 0.2) is 18.1 Å². The molecule has 1 unspecified atom stereocenters. The summed E-state index contributed by atoms with van der Waals surface area (Å²) in [6, 6.07) is 14.1. The summed E-state index contributed by atoms with van der Waals surface area (Å²) in [6.45, 7) is 4.13. The molecule has 2 aromatic rings. The van der Waals surface area contributed by atoms with Crippen molar-refractivity contribution in [3.63, 3.8) is 0 Å². The summed E-state index contributed by atoms with van der Waals surface area (Å²) >= 11 is 0. The van der Waals surface area contributed by atoms with Crippen LogP contribution in [0.15, 0.2) is 48.5 Å². The number of nitrogens with zero attached hydrogens (tertiary/aromatic N) is 2. The number of aryl methyl sites for hydroxylation is 1. The van der Waals surface area contributed by atoms with E-state index in [9.17, 15) is 14.7 Å². The van der Waals surface area contributed by atoms with Crippen molar-refractivity contribution in [2.24, 2.45) is 0 Å². The molecule has 1 aliphatic heterocycles. The van der Waals surface area contributed by atoms with E-state index in [1.807, 2.05) is 38.1 Å². The van der Waals surface area contributed by atoms with Gasteiger partial charge in [-0.3, -0.25) is 9.59 Å². The van der Waals surface area contributed by atoms with Crippen LogP contribution in [0.4, 0.5) is 5.69 Å². The first-order valence-corrected chi connectivity index (χ1v) is 8.53. The van der Waals surface area contributed by atoms with Gasteiger partial charge in [-0.25, -0.2) is 0 Å². The first-order chi connectivity index (χ1) is 12.5. The number of hydrogen-bond donors (Lipinski definition) is 1. The van der Waals surface area contributed by atoms with Gasteiger partial charge in [-0.15, -0.1) is 0 Å². The van der Waals surface area contributed by atoms with Crippen LogP contribution in [0.5, 0.6) is 11.5 Å². The average Bonchev–Trinajstić information content (AvgIpc) is 2.63. The summed E-state index contributed by atoms with van der Waals surface area (Å²) in [5.74, 6) is -0.174. The number of anilines is 1. The summed E-state index contributed by atoms with van der Waals surface area (Å²) in [5, 5.41) is 9.70. The van der Waals surface area contributed by atoms with Crippen molar-refractivity contribution in [1.82, 2.24) is 4.90 Å². The summed E-state index contributed by atoms with van der Waals surface area (Å²) < 4.78 is 5.39. The molecule has 0 spiro atoms. The highest BCUT2D eigenvalue weighted by Crippen LogP contribution is 2.25. The van der Waals surface area contributed by atoms with Gasteiger partial charge >= 0.3 is 0 Å². The van der Waals surface area contributed by atoms with Crippen molar-refractivity contribution >= 4 is 17.5 Å². The van der Waals surface area contributed by atoms with E-state index in [-0.39, 0.29) is 42.5 Å². The Labute approximate surface area is 152 Å². The monoisotopic (exact) mass is 354 g/mol. The largest absolute Gasteiger partial charge is 0.504 e. The third-order valence-corrected chi connectivity index (χ3v) is 4.47. The molecule has 2 aromatic carbocycles. The highest BCUT2D eigenvalue weighted by molar-refractivity contribution is 5.98. The van der Waals surface area contributed by atoms with Crippen molar-refractivity contribution in [2.45, 2.75) is 19.9 Å². The van der Waals surface area contributed by atoms with Crippen LogP contribution in [0.25, 0.3) is 0 Å². The van der Waals surface area contributed by atoms with Gasteiger partial charge in [-0.05, 0) is 38.1 Å². The van der Waals surface area contributed by atoms with E-state index in [4.69, 9.17) is 4.74 Å². The van der Waals surface area contributed by atoms with E-state index in [1.165, 1.54) is 11.0 Å². The van der Waals surface area contributed by atoms with Crippen LogP contribution >= 0.6 is 0 Å². The fourth-order valence-electron chi connectivity index (χ4n) is 2.96. The lowest BCUT2D eigenvalue weighted by Gasteiger charge is -2.39. The molecule has 3 rings (SSSR count). The van der Waals surface area contributed by atoms with Crippen molar-refractivity contribution in [3.05, 3.63) is 54.1 Å². The number of benzene rings is 2. The van der Waals surface area contributed by atoms with E-state index in [0.717, 1.165) is 11.3 Å². The van der Waals surface area contributed by atoms with Gasteiger partial charge in [0.25, 0.3) is 5.91 Å². The van der Waals surface area contributed by atoms with Crippen molar-refractivity contribution in [3.8, 4) is 11.5 Å². The lowest BCUT2D eigenvalue weighted by molar-refractivity contribution is -0.141. The predicted octanol–water partition coefficient (Wildman–Crippen LogP) is 2.34. The fourth-order valence-corrected chi connectivity index (χ4v) is 2.96. The molecule has 136 valence electrons. The molecule has 2 amide bonds. The minimum Gasteiger partial charge on any atom is -0.504 e. The second kappa shape index (κ2) is 7.47. The zero-order valence-corrected chi connectivity index (χ0v) is 14.9. The maximum Gasteiger partial charge on any atom is 0.261 e. The number of carbonyl (C=O) groups excluding carboxylic acids is 2. The van der Waals surface area contributed by atoms with E-state index < -0.39 is 0 Å². The van der Waals surface area contributed by atoms with Crippen LogP contribution < -0.4 is 9.64 Å². The smallest absolute Gasteiger partial charge is 0.261 e. The zero-order chi connectivity index (χ0) is 18.7.